The van der Waals surface area contributed by atoms with Gasteiger partial charge in [-0.15, -0.1) is 24.8 Å². The molecule has 0 aliphatic heterocycles. The Balaban J connectivity index is 0.00000180. The summed E-state index contributed by atoms with van der Waals surface area (Å²) in [6, 6.07) is 0. The van der Waals surface area contributed by atoms with Crippen LogP contribution in [0, 0.1) is 5.41 Å². The van der Waals surface area contributed by atoms with E-state index in [9.17, 15) is 0 Å². The van der Waals surface area contributed by atoms with Crippen LogP contribution < -0.4 is 0 Å². The van der Waals surface area contributed by atoms with Crippen molar-refractivity contribution < 1.29 is 19.2 Å². The van der Waals surface area contributed by atoms with Gasteiger partial charge in [-0.3, -0.25) is 0 Å². The van der Waals surface area contributed by atoms with E-state index in [1.165, 1.54) is 12.8 Å². The van der Waals surface area contributed by atoms with Crippen molar-refractivity contribution in [2.75, 3.05) is 0 Å². The minimum absolute atomic E-state index is 0. The monoisotopic (exact) mass is 453 g/mol. The van der Waals surface area contributed by atoms with Gasteiger partial charge in [-0.05, 0) is 0 Å². The summed E-state index contributed by atoms with van der Waals surface area (Å²) in [6.07, 6.45) is 14.5. The van der Waals surface area contributed by atoms with Crippen LogP contribution in [0.4, 0.5) is 0 Å². The molecule has 0 amide bonds. The fourth-order valence-corrected chi connectivity index (χ4v) is 35.6. The van der Waals surface area contributed by atoms with E-state index in [-0.39, 0.29) is 24.8 Å². The molecule has 4 heteroatoms. The summed E-state index contributed by atoms with van der Waals surface area (Å²) in [5, 5.41) is 0. The zero-order valence-electron chi connectivity index (χ0n) is 13.2. The second-order valence-electron chi connectivity index (χ2n) is 6.64. The van der Waals surface area contributed by atoms with Gasteiger partial charge in [-0.2, -0.15) is 0 Å². The van der Waals surface area contributed by atoms with Crippen molar-refractivity contribution in [3.63, 3.8) is 0 Å². The summed E-state index contributed by atoms with van der Waals surface area (Å²) in [5.41, 5.74) is 2.04. The minimum atomic E-state index is -1.42. The standard InChI is InChI=1S/C9H13.C5H5.C2H7Ge.2ClH.Zr/c1-9(2,3)8-6-4-5-7-8;1-2-4-5-3-1;1-3-2;;;/h4,6H,5H2,1-3H3;1-3H,4H2;3H,1-2H3;2*1H;. The molecule has 2 aliphatic rings. The van der Waals surface area contributed by atoms with E-state index in [2.05, 4.69) is 62.7 Å². The molecule has 0 unspecified atom stereocenters. The first-order valence-electron chi connectivity index (χ1n) is 7.04. The first kappa shape index (κ1) is 21.0. The molecule has 0 heterocycles. The molecule has 113 valence electrons. The van der Waals surface area contributed by atoms with Crippen molar-refractivity contribution in [3.8, 4) is 0 Å². The maximum atomic E-state index is 2.63. The third-order valence-electron chi connectivity index (χ3n) is 3.76. The molecule has 0 radical (unpaired) electrons. The van der Waals surface area contributed by atoms with Gasteiger partial charge in [0.1, 0.15) is 0 Å². The van der Waals surface area contributed by atoms with Crippen LogP contribution in [-0.2, 0) is 19.2 Å². The average molecular weight is 454 g/mol. The Labute approximate surface area is 146 Å². The van der Waals surface area contributed by atoms with Gasteiger partial charge >= 0.3 is 123 Å². The van der Waals surface area contributed by atoms with Gasteiger partial charge in [0.15, 0.2) is 0 Å². The summed E-state index contributed by atoms with van der Waals surface area (Å²) in [4.78, 5) is 0. The number of allylic oxidation sites excluding steroid dienone is 8. The van der Waals surface area contributed by atoms with Gasteiger partial charge in [0, 0.05) is 0 Å². The first-order chi connectivity index (χ1) is 8.41. The Kier molecular flexibility index (Phi) is 8.97. The summed E-state index contributed by atoms with van der Waals surface area (Å²) in [7, 11) is -0.999. The van der Waals surface area contributed by atoms with Crippen LogP contribution in [0.3, 0.4) is 0 Å². The molecule has 0 spiro atoms. The van der Waals surface area contributed by atoms with E-state index in [0.717, 1.165) is 0 Å². The number of hydrogen-bond acceptors (Lipinski definition) is 0. The molecule has 0 aromatic rings. The Morgan fingerprint density at radius 2 is 1.70 bits per heavy atom. The van der Waals surface area contributed by atoms with E-state index in [4.69, 9.17) is 0 Å². The van der Waals surface area contributed by atoms with Crippen molar-refractivity contribution in [2.24, 2.45) is 5.41 Å². The summed E-state index contributed by atoms with van der Waals surface area (Å²) < 4.78 is 3.82. The van der Waals surface area contributed by atoms with Crippen LogP contribution in [0.15, 0.2) is 42.5 Å². The predicted molar refractivity (Wildman–Crippen MR) is 95.5 cm³/mol. The molecule has 0 atom stereocenters. The van der Waals surface area contributed by atoms with Gasteiger partial charge in [0.05, 0.1) is 0 Å². The second kappa shape index (κ2) is 8.56. The quantitative estimate of drug-likeness (QED) is 0.492. The Morgan fingerprint density at radius 3 is 2.15 bits per heavy atom. The van der Waals surface area contributed by atoms with Crippen LogP contribution in [0.2, 0.25) is 11.5 Å². The van der Waals surface area contributed by atoms with E-state index in [1.807, 2.05) is 6.56 Å². The number of halogens is 2. The van der Waals surface area contributed by atoms with E-state index >= 15 is 0 Å². The van der Waals surface area contributed by atoms with Crippen LogP contribution >= 0.6 is 24.8 Å². The van der Waals surface area contributed by atoms with Crippen molar-refractivity contribution in [2.45, 2.75) is 45.1 Å². The second-order valence-corrected chi connectivity index (χ2v) is 38.5. The Bertz CT molecular complexity index is 454. The van der Waals surface area contributed by atoms with Gasteiger partial charge < -0.3 is 0 Å². The molecule has 0 aromatic carbocycles. The zero-order chi connectivity index (χ0) is 13.3. The van der Waals surface area contributed by atoms with Crippen LogP contribution in [0.5, 0.6) is 0 Å². The molecule has 0 saturated carbocycles. The van der Waals surface area contributed by atoms with Gasteiger partial charge in [0.25, 0.3) is 0 Å². The molecular formula is C16H27Cl2GeZr. The zero-order valence-corrected chi connectivity index (χ0v) is 19.7. The Morgan fingerprint density at radius 1 is 1.05 bits per heavy atom. The molecule has 0 nitrogen and oxygen atoms in total. The third-order valence-corrected chi connectivity index (χ3v) is 35.2. The molecule has 2 rings (SSSR count). The fraction of sp³-hybridized carbons (Fsp3) is 0.500. The molecule has 20 heavy (non-hydrogen) atoms. The normalized spacial score (nSPS) is 17.2. The van der Waals surface area contributed by atoms with Crippen molar-refractivity contribution in [1.29, 1.82) is 0 Å². The SMILES string of the molecule is Cl.Cl.[CH3][GeH]([CH3])[Zr]([C]1=CC=CC1)[C]1=C(C(C)(C)C)C=CC1. The van der Waals surface area contributed by atoms with Crippen LogP contribution in [0.1, 0.15) is 33.6 Å². The molecule has 0 aromatic heterocycles. The van der Waals surface area contributed by atoms with Crippen molar-refractivity contribution >= 4 is 35.4 Å². The summed E-state index contributed by atoms with van der Waals surface area (Å²) in [5.74, 6) is 5.26. The number of hydrogen-bond donors (Lipinski definition) is 0. The number of rotatable bonds is 3. The van der Waals surface area contributed by atoms with Crippen LogP contribution in [-0.4, -0.2) is 10.6 Å². The molecular weight excluding hydrogens is 427 g/mol. The molecule has 0 bridgehead atoms. The Hall–Kier alpha value is 0.966. The van der Waals surface area contributed by atoms with E-state index in [1.54, 1.807) is 5.57 Å². The van der Waals surface area contributed by atoms with Crippen molar-refractivity contribution in [3.05, 3.63) is 42.5 Å². The molecule has 0 fully saturated rings. The van der Waals surface area contributed by atoms with Gasteiger partial charge in [-0.25, -0.2) is 0 Å². The topological polar surface area (TPSA) is 0 Å². The maximum absolute atomic E-state index is 2.63. The first-order valence-corrected chi connectivity index (χ1v) is 22.9. The molecule has 2 aliphatic carbocycles. The van der Waals surface area contributed by atoms with Gasteiger partial charge in [0.2, 0.25) is 0 Å². The van der Waals surface area contributed by atoms with Crippen molar-refractivity contribution in [1.82, 2.24) is 0 Å². The predicted octanol–water partition coefficient (Wildman–Crippen LogP) is 5.54. The third kappa shape index (κ3) is 4.73. The van der Waals surface area contributed by atoms with Crippen LogP contribution in [0.25, 0.3) is 0 Å². The fourth-order valence-electron chi connectivity index (χ4n) is 3.02. The van der Waals surface area contributed by atoms with E-state index < -0.39 is 29.8 Å². The summed E-state index contributed by atoms with van der Waals surface area (Å²) in [6.45, 7) is 7.15. The average Bonchev–Trinajstić information content (AvgIpc) is 2.86. The molecule has 0 saturated heterocycles. The van der Waals surface area contributed by atoms with Gasteiger partial charge in [-0.1, -0.05) is 0 Å². The summed E-state index contributed by atoms with van der Waals surface area (Å²) >= 11 is -1.42. The van der Waals surface area contributed by atoms with E-state index in [0.29, 0.717) is 5.41 Å². The molecule has 0 N–H and O–H groups in total.